The molecule has 128 valence electrons. The number of anilines is 1. The minimum absolute atomic E-state index is 0.0772. The lowest BCUT2D eigenvalue weighted by atomic mass is 10.0. The van der Waals surface area contributed by atoms with Crippen molar-refractivity contribution in [1.82, 2.24) is 19.9 Å². The van der Waals surface area contributed by atoms with Crippen molar-refractivity contribution >= 4 is 22.4 Å². The number of aryl methyl sites for hydroxylation is 2. The SMILES string of the molecule is CC(=O)Nc1ncc(CN2CCC(Cc3cnc(C)c(C)n3)C2)s1. The molecule has 2 aromatic rings. The smallest absolute Gasteiger partial charge is 0.223 e. The Bertz CT molecular complexity index is 730. The normalized spacial score (nSPS) is 18.0. The second-order valence-electron chi connectivity index (χ2n) is 6.44. The molecule has 24 heavy (non-hydrogen) atoms. The Morgan fingerprint density at radius 3 is 2.92 bits per heavy atom. The zero-order chi connectivity index (χ0) is 17.1. The maximum absolute atomic E-state index is 11.1. The summed E-state index contributed by atoms with van der Waals surface area (Å²) >= 11 is 1.55. The number of hydrogen-bond acceptors (Lipinski definition) is 6. The lowest BCUT2D eigenvalue weighted by Crippen LogP contribution is -2.20. The summed E-state index contributed by atoms with van der Waals surface area (Å²) in [4.78, 5) is 28.0. The summed E-state index contributed by atoms with van der Waals surface area (Å²) in [5.74, 6) is 0.552. The first-order valence-electron chi connectivity index (χ1n) is 8.23. The van der Waals surface area contributed by atoms with Crippen molar-refractivity contribution in [2.24, 2.45) is 5.92 Å². The maximum Gasteiger partial charge on any atom is 0.223 e. The lowest BCUT2D eigenvalue weighted by Gasteiger charge is -2.14. The van der Waals surface area contributed by atoms with Crippen LogP contribution in [0.15, 0.2) is 12.4 Å². The van der Waals surface area contributed by atoms with Gasteiger partial charge < -0.3 is 5.32 Å². The van der Waals surface area contributed by atoms with E-state index in [0.717, 1.165) is 43.1 Å². The predicted octanol–water partition coefficient (Wildman–Crippen LogP) is 2.57. The third kappa shape index (κ3) is 4.36. The van der Waals surface area contributed by atoms with Crippen LogP contribution in [0.2, 0.25) is 0 Å². The second kappa shape index (κ2) is 7.36. The Morgan fingerprint density at radius 1 is 1.33 bits per heavy atom. The predicted molar refractivity (Wildman–Crippen MR) is 95.0 cm³/mol. The van der Waals surface area contributed by atoms with Gasteiger partial charge in [0.15, 0.2) is 5.13 Å². The van der Waals surface area contributed by atoms with Crippen LogP contribution in [0.1, 0.15) is 35.3 Å². The Kier molecular flexibility index (Phi) is 5.20. The van der Waals surface area contributed by atoms with Crippen LogP contribution in [0.4, 0.5) is 5.13 Å². The number of amides is 1. The summed E-state index contributed by atoms with van der Waals surface area (Å²) in [6.07, 6.45) is 5.95. The maximum atomic E-state index is 11.1. The van der Waals surface area contributed by atoms with Crippen LogP contribution in [0, 0.1) is 19.8 Å². The number of nitrogens with zero attached hydrogens (tertiary/aromatic N) is 4. The van der Waals surface area contributed by atoms with E-state index in [4.69, 9.17) is 0 Å². The molecular weight excluding hydrogens is 322 g/mol. The minimum Gasteiger partial charge on any atom is -0.302 e. The molecule has 1 fully saturated rings. The average molecular weight is 345 g/mol. The van der Waals surface area contributed by atoms with Crippen LogP contribution >= 0.6 is 11.3 Å². The largest absolute Gasteiger partial charge is 0.302 e. The van der Waals surface area contributed by atoms with Crippen LogP contribution in [-0.2, 0) is 17.8 Å². The van der Waals surface area contributed by atoms with E-state index in [1.807, 2.05) is 26.2 Å². The fraction of sp³-hybridized carbons (Fsp3) is 0.529. The zero-order valence-electron chi connectivity index (χ0n) is 14.4. The van der Waals surface area contributed by atoms with Gasteiger partial charge in [-0.15, -0.1) is 11.3 Å². The number of hydrogen-bond donors (Lipinski definition) is 1. The Labute approximate surface area is 146 Å². The van der Waals surface area contributed by atoms with E-state index in [9.17, 15) is 4.79 Å². The van der Waals surface area contributed by atoms with E-state index in [2.05, 4.69) is 25.2 Å². The monoisotopic (exact) mass is 345 g/mol. The van der Waals surface area contributed by atoms with Gasteiger partial charge in [-0.3, -0.25) is 19.7 Å². The highest BCUT2D eigenvalue weighted by Crippen LogP contribution is 2.25. The first kappa shape index (κ1) is 17.0. The summed E-state index contributed by atoms with van der Waals surface area (Å²) in [6.45, 7) is 8.57. The van der Waals surface area contributed by atoms with Gasteiger partial charge in [0.1, 0.15) is 0 Å². The van der Waals surface area contributed by atoms with Gasteiger partial charge in [0, 0.05) is 37.3 Å². The van der Waals surface area contributed by atoms with E-state index in [0.29, 0.717) is 11.0 Å². The van der Waals surface area contributed by atoms with Gasteiger partial charge in [-0.05, 0) is 39.2 Å². The molecule has 1 N–H and O–H groups in total. The summed E-state index contributed by atoms with van der Waals surface area (Å²) in [7, 11) is 0. The molecule has 1 amide bonds. The van der Waals surface area contributed by atoms with Crippen LogP contribution < -0.4 is 5.32 Å². The van der Waals surface area contributed by atoms with E-state index >= 15 is 0 Å². The highest BCUT2D eigenvalue weighted by atomic mass is 32.1. The molecule has 0 spiro atoms. The number of thiazole rings is 1. The topological polar surface area (TPSA) is 71.0 Å². The molecule has 1 atom stereocenters. The van der Waals surface area contributed by atoms with Gasteiger partial charge in [-0.25, -0.2) is 4.98 Å². The molecule has 1 aliphatic rings. The summed E-state index contributed by atoms with van der Waals surface area (Å²) in [5.41, 5.74) is 3.13. The Balaban J connectivity index is 1.52. The molecular formula is C17H23N5OS. The molecule has 0 saturated carbocycles. The molecule has 0 aromatic carbocycles. The van der Waals surface area contributed by atoms with Gasteiger partial charge in [-0.1, -0.05) is 0 Å². The highest BCUT2D eigenvalue weighted by molar-refractivity contribution is 7.15. The third-order valence-corrected chi connectivity index (χ3v) is 5.22. The van der Waals surface area contributed by atoms with Gasteiger partial charge in [0.05, 0.1) is 17.1 Å². The van der Waals surface area contributed by atoms with E-state index in [1.54, 1.807) is 11.3 Å². The molecule has 1 unspecified atom stereocenters. The lowest BCUT2D eigenvalue weighted by molar-refractivity contribution is -0.114. The molecule has 1 aliphatic heterocycles. The van der Waals surface area contributed by atoms with E-state index in [-0.39, 0.29) is 5.91 Å². The highest BCUT2D eigenvalue weighted by Gasteiger charge is 2.24. The molecule has 7 heteroatoms. The molecule has 6 nitrogen and oxygen atoms in total. The molecule has 2 aromatic heterocycles. The fourth-order valence-corrected chi connectivity index (χ4v) is 3.92. The fourth-order valence-electron chi connectivity index (χ4n) is 3.02. The van der Waals surface area contributed by atoms with Gasteiger partial charge in [0.2, 0.25) is 5.91 Å². The first-order chi connectivity index (χ1) is 11.5. The van der Waals surface area contributed by atoms with Crippen molar-refractivity contribution in [3.05, 3.63) is 34.4 Å². The van der Waals surface area contributed by atoms with E-state index < -0.39 is 0 Å². The quantitative estimate of drug-likeness (QED) is 0.902. The van der Waals surface area contributed by atoms with Crippen LogP contribution in [0.3, 0.4) is 0 Å². The number of aromatic nitrogens is 3. The molecule has 1 saturated heterocycles. The average Bonchev–Trinajstić information content (AvgIpc) is 3.13. The van der Waals surface area contributed by atoms with Crippen LogP contribution in [0.5, 0.6) is 0 Å². The van der Waals surface area contributed by atoms with Crippen molar-refractivity contribution in [3.63, 3.8) is 0 Å². The zero-order valence-corrected chi connectivity index (χ0v) is 15.2. The van der Waals surface area contributed by atoms with Crippen LogP contribution in [0.25, 0.3) is 0 Å². The molecule has 0 bridgehead atoms. The van der Waals surface area contributed by atoms with Crippen molar-refractivity contribution in [1.29, 1.82) is 0 Å². The van der Waals surface area contributed by atoms with Gasteiger partial charge >= 0.3 is 0 Å². The summed E-state index contributed by atoms with van der Waals surface area (Å²) in [5, 5.41) is 3.42. The van der Waals surface area contributed by atoms with Crippen molar-refractivity contribution in [2.75, 3.05) is 18.4 Å². The minimum atomic E-state index is -0.0772. The number of nitrogens with one attached hydrogen (secondary N) is 1. The first-order valence-corrected chi connectivity index (χ1v) is 9.05. The number of likely N-dealkylation sites (tertiary alicyclic amines) is 1. The van der Waals surface area contributed by atoms with Crippen molar-refractivity contribution < 1.29 is 4.79 Å². The molecule has 3 heterocycles. The number of carbonyl (C=O) groups excluding carboxylic acids is 1. The summed E-state index contributed by atoms with van der Waals surface area (Å²) in [6, 6.07) is 0. The van der Waals surface area contributed by atoms with Gasteiger partial charge in [0.25, 0.3) is 0 Å². The molecule has 3 rings (SSSR count). The van der Waals surface area contributed by atoms with E-state index in [1.165, 1.54) is 18.2 Å². The Hall–Kier alpha value is -1.86. The second-order valence-corrected chi connectivity index (χ2v) is 7.55. The van der Waals surface area contributed by atoms with Crippen molar-refractivity contribution in [3.8, 4) is 0 Å². The Morgan fingerprint density at radius 2 is 2.17 bits per heavy atom. The molecule has 0 aliphatic carbocycles. The molecule has 0 radical (unpaired) electrons. The van der Waals surface area contributed by atoms with Crippen LogP contribution in [-0.4, -0.2) is 38.8 Å². The third-order valence-electron chi connectivity index (χ3n) is 4.33. The summed E-state index contributed by atoms with van der Waals surface area (Å²) < 4.78 is 0. The standard InChI is InChI=1S/C17H23N5OS/c1-11-12(2)20-15(7-18-11)6-14-4-5-22(9-14)10-16-8-19-17(24-16)21-13(3)23/h7-8,14H,4-6,9-10H2,1-3H3,(H,19,21,23). The number of rotatable bonds is 5. The van der Waals surface area contributed by atoms with Crippen molar-refractivity contribution in [2.45, 2.75) is 40.2 Å². The number of carbonyl (C=O) groups is 1. The van der Waals surface area contributed by atoms with Gasteiger partial charge in [-0.2, -0.15) is 0 Å².